The van der Waals surface area contributed by atoms with Crippen molar-refractivity contribution in [2.24, 2.45) is 23.7 Å². The van der Waals surface area contributed by atoms with E-state index in [0.717, 1.165) is 36.0 Å². The van der Waals surface area contributed by atoms with E-state index in [-0.39, 0.29) is 22.8 Å². The number of carbonyl (C=O) groups excluding carboxylic acids is 2. The van der Waals surface area contributed by atoms with Crippen molar-refractivity contribution in [2.45, 2.75) is 84.0 Å². The van der Waals surface area contributed by atoms with Crippen LogP contribution in [0.25, 0.3) is 0 Å². The van der Waals surface area contributed by atoms with E-state index in [0.29, 0.717) is 25.2 Å². The Bertz CT molecular complexity index is 1010. The molecule has 0 aromatic heterocycles. The SMILES string of the molecule is CCC(C)CCc1ccc(O)c2c1CC1CC3CC(C)=C(C(C)O)C(O)C3(O)C(=O)C1C2=O. The van der Waals surface area contributed by atoms with Crippen LogP contribution < -0.4 is 0 Å². The van der Waals surface area contributed by atoms with Gasteiger partial charge in [0.15, 0.2) is 17.2 Å². The number of fused-ring (bicyclic) bond motifs is 3. The summed E-state index contributed by atoms with van der Waals surface area (Å²) in [6.07, 6.45) is 1.63. The zero-order valence-electron chi connectivity index (χ0n) is 20.0. The Morgan fingerprint density at radius 3 is 2.52 bits per heavy atom. The van der Waals surface area contributed by atoms with Crippen LogP contribution in [0.2, 0.25) is 0 Å². The highest BCUT2D eigenvalue weighted by Gasteiger charge is 2.62. The summed E-state index contributed by atoms with van der Waals surface area (Å²) in [5, 5.41) is 43.2. The monoisotopic (exact) mass is 456 g/mol. The third-order valence-electron chi connectivity index (χ3n) is 8.55. The van der Waals surface area contributed by atoms with Gasteiger partial charge in [0, 0.05) is 5.92 Å². The smallest absolute Gasteiger partial charge is 0.178 e. The van der Waals surface area contributed by atoms with E-state index >= 15 is 0 Å². The molecule has 0 saturated heterocycles. The lowest BCUT2D eigenvalue weighted by molar-refractivity contribution is -0.174. The predicted molar refractivity (Wildman–Crippen MR) is 124 cm³/mol. The molecule has 180 valence electrons. The molecule has 6 nitrogen and oxygen atoms in total. The number of allylic oxidation sites excluding steroid dienone is 1. The second-order valence-corrected chi connectivity index (χ2v) is 10.6. The van der Waals surface area contributed by atoms with Gasteiger partial charge in [0.1, 0.15) is 11.9 Å². The standard InChI is InChI=1S/C27H36O6/c1-5-13(2)6-7-16-8-9-20(29)23-19(16)12-17-11-18-10-14(3)21(15(4)28)25(31)27(18,33)26(32)22(17)24(23)30/h8-9,13,15,17-18,22,25,28-29,31,33H,5-7,10-12H2,1-4H3. The zero-order valence-corrected chi connectivity index (χ0v) is 20.0. The number of ketones is 2. The quantitative estimate of drug-likeness (QED) is 0.400. The van der Waals surface area contributed by atoms with Crippen LogP contribution in [0.15, 0.2) is 23.3 Å². The molecular weight excluding hydrogens is 420 g/mol. The third-order valence-corrected chi connectivity index (χ3v) is 8.55. The molecule has 0 radical (unpaired) electrons. The van der Waals surface area contributed by atoms with Gasteiger partial charge in [0.05, 0.1) is 17.6 Å². The van der Waals surface area contributed by atoms with Crippen molar-refractivity contribution in [1.29, 1.82) is 0 Å². The van der Waals surface area contributed by atoms with Gasteiger partial charge in [-0.15, -0.1) is 0 Å². The van der Waals surface area contributed by atoms with Crippen molar-refractivity contribution in [3.8, 4) is 5.75 Å². The van der Waals surface area contributed by atoms with Crippen LogP contribution in [-0.2, 0) is 17.6 Å². The highest BCUT2D eigenvalue weighted by atomic mass is 16.4. The summed E-state index contributed by atoms with van der Waals surface area (Å²) < 4.78 is 0. The molecule has 1 aromatic carbocycles. The number of aliphatic hydroxyl groups excluding tert-OH is 2. The Balaban J connectivity index is 1.74. The van der Waals surface area contributed by atoms with Gasteiger partial charge in [-0.25, -0.2) is 0 Å². The maximum atomic E-state index is 13.7. The summed E-state index contributed by atoms with van der Waals surface area (Å²) in [5.41, 5.74) is 1.01. The number of aliphatic hydroxyl groups is 3. The van der Waals surface area contributed by atoms with Gasteiger partial charge >= 0.3 is 0 Å². The molecule has 1 saturated carbocycles. The molecule has 7 atom stereocenters. The molecule has 3 aliphatic carbocycles. The van der Waals surface area contributed by atoms with Crippen LogP contribution >= 0.6 is 0 Å². The van der Waals surface area contributed by atoms with Gasteiger partial charge in [-0.2, -0.15) is 0 Å². The van der Waals surface area contributed by atoms with Gasteiger partial charge in [0.25, 0.3) is 0 Å². The second-order valence-electron chi connectivity index (χ2n) is 10.6. The van der Waals surface area contributed by atoms with E-state index in [1.807, 2.05) is 13.0 Å². The summed E-state index contributed by atoms with van der Waals surface area (Å²) in [4.78, 5) is 27.3. The molecule has 33 heavy (non-hydrogen) atoms. The molecule has 3 aliphatic rings. The first-order chi connectivity index (χ1) is 15.5. The predicted octanol–water partition coefficient (Wildman–Crippen LogP) is 3.12. The van der Waals surface area contributed by atoms with E-state index in [1.165, 1.54) is 13.0 Å². The maximum Gasteiger partial charge on any atom is 0.178 e. The number of Topliss-reactive ketones (excluding diaryl/α,β-unsaturated/α-hetero) is 2. The van der Waals surface area contributed by atoms with E-state index in [2.05, 4.69) is 13.8 Å². The molecule has 7 unspecified atom stereocenters. The molecule has 4 rings (SSSR count). The lowest BCUT2D eigenvalue weighted by Gasteiger charge is -2.52. The van der Waals surface area contributed by atoms with E-state index < -0.39 is 41.2 Å². The number of hydrogen-bond donors (Lipinski definition) is 4. The van der Waals surface area contributed by atoms with Crippen molar-refractivity contribution >= 4 is 11.6 Å². The largest absolute Gasteiger partial charge is 0.507 e. The summed E-state index contributed by atoms with van der Waals surface area (Å²) in [6, 6.07) is 3.41. The van der Waals surface area contributed by atoms with Crippen LogP contribution in [0.1, 0.15) is 74.9 Å². The van der Waals surface area contributed by atoms with Crippen LogP contribution in [0.5, 0.6) is 5.75 Å². The van der Waals surface area contributed by atoms with Gasteiger partial charge in [-0.05, 0) is 80.6 Å². The molecular formula is C27H36O6. The Morgan fingerprint density at radius 2 is 1.88 bits per heavy atom. The van der Waals surface area contributed by atoms with E-state index in [4.69, 9.17) is 0 Å². The van der Waals surface area contributed by atoms with Crippen LogP contribution in [0.4, 0.5) is 0 Å². The van der Waals surface area contributed by atoms with E-state index in [1.54, 1.807) is 0 Å². The van der Waals surface area contributed by atoms with Crippen molar-refractivity contribution in [2.75, 3.05) is 0 Å². The van der Waals surface area contributed by atoms with Crippen molar-refractivity contribution in [3.05, 3.63) is 40.0 Å². The zero-order chi connectivity index (χ0) is 24.2. The minimum atomic E-state index is -2.11. The molecule has 0 spiro atoms. The molecule has 0 aliphatic heterocycles. The Labute approximate surface area is 195 Å². The Hall–Kier alpha value is -2.02. The first-order valence-electron chi connectivity index (χ1n) is 12.2. The van der Waals surface area contributed by atoms with Crippen LogP contribution in [0.3, 0.4) is 0 Å². The van der Waals surface area contributed by atoms with Gasteiger partial charge < -0.3 is 20.4 Å². The average Bonchev–Trinajstić information content (AvgIpc) is 2.75. The number of benzene rings is 1. The van der Waals surface area contributed by atoms with Gasteiger partial charge in [-0.1, -0.05) is 31.9 Å². The minimum absolute atomic E-state index is 0.132. The number of hydrogen-bond acceptors (Lipinski definition) is 6. The van der Waals surface area contributed by atoms with E-state index in [9.17, 15) is 30.0 Å². The summed E-state index contributed by atoms with van der Waals surface area (Å²) in [5.74, 6) is -2.61. The first kappa shape index (κ1) is 24.1. The maximum absolute atomic E-state index is 13.7. The summed E-state index contributed by atoms with van der Waals surface area (Å²) in [6.45, 7) is 7.66. The first-order valence-corrected chi connectivity index (χ1v) is 12.2. The molecule has 0 heterocycles. The number of phenolic OH excluding ortho intramolecular Hbond substituents is 1. The minimum Gasteiger partial charge on any atom is -0.507 e. The van der Waals surface area contributed by atoms with Crippen LogP contribution in [0, 0.1) is 23.7 Å². The molecule has 1 aromatic rings. The normalized spacial score (nSPS) is 33.3. The highest BCUT2D eigenvalue weighted by Crippen LogP contribution is 2.52. The van der Waals surface area contributed by atoms with Gasteiger partial charge in [-0.3, -0.25) is 9.59 Å². The second kappa shape index (κ2) is 8.64. The number of aryl methyl sites for hydroxylation is 1. The fraction of sp³-hybridized carbons (Fsp3) is 0.630. The summed E-state index contributed by atoms with van der Waals surface area (Å²) >= 11 is 0. The van der Waals surface area contributed by atoms with Crippen molar-refractivity contribution in [3.63, 3.8) is 0 Å². The lowest BCUT2D eigenvalue weighted by Crippen LogP contribution is -2.66. The van der Waals surface area contributed by atoms with Crippen molar-refractivity contribution in [1.82, 2.24) is 0 Å². The van der Waals surface area contributed by atoms with Crippen LogP contribution in [-0.4, -0.2) is 49.8 Å². The van der Waals surface area contributed by atoms with Crippen molar-refractivity contribution < 1.29 is 30.0 Å². The highest BCUT2D eigenvalue weighted by molar-refractivity contribution is 6.16. The number of rotatable bonds is 5. The topological polar surface area (TPSA) is 115 Å². The molecule has 0 bridgehead atoms. The number of carbonyl (C=O) groups is 2. The molecule has 4 N–H and O–H groups in total. The average molecular weight is 457 g/mol. The molecule has 0 amide bonds. The number of aromatic hydroxyl groups is 1. The Kier molecular flexibility index (Phi) is 6.31. The number of phenols is 1. The lowest BCUT2D eigenvalue weighted by atomic mass is 9.54. The third kappa shape index (κ3) is 3.67. The Morgan fingerprint density at radius 1 is 1.18 bits per heavy atom. The molecule has 1 fully saturated rings. The fourth-order valence-corrected chi connectivity index (χ4v) is 6.46. The summed E-state index contributed by atoms with van der Waals surface area (Å²) in [7, 11) is 0. The van der Waals surface area contributed by atoms with Gasteiger partial charge in [0.2, 0.25) is 0 Å². The fourth-order valence-electron chi connectivity index (χ4n) is 6.46. The molecule has 6 heteroatoms.